The van der Waals surface area contributed by atoms with Crippen molar-refractivity contribution < 1.29 is 4.79 Å². The minimum atomic E-state index is 0.0150. The smallest absolute Gasteiger partial charge is 0.263 e. The quantitative estimate of drug-likeness (QED) is 0.889. The Labute approximate surface area is 122 Å². The third kappa shape index (κ3) is 1.82. The number of nitrogens with two attached hydrogens (primary N) is 1. The van der Waals surface area contributed by atoms with Gasteiger partial charge in [0.2, 0.25) is 0 Å². The molecule has 2 bridgehead atoms. The van der Waals surface area contributed by atoms with Crippen LogP contribution in [0.2, 0.25) is 0 Å². The Bertz CT molecular complexity index is 678. The molecule has 1 amide bonds. The maximum absolute atomic E-state index is 12.5. The molecule has 1 heterocycles. The van der Waals surface area contributed by atoms with Crippen molar-refractivity contribution in [3.8, 4) is 0 Å². The fraction of sp³-hybridized carbons (Fsp3) is 0.438. The Hall–Kier alpha value is -1.55. The van der Waals surface area contributed by atoms with E-state index in [0.29, 0.717) is 22.5 Å². The van der Waals surface area contributed by atoms with Crippen LogP contribution in [0.4, 0.5) is 5.69 Å². The molecular weight excluding hydrogens is 268 g/mol. The Morgan fingerprint density at radius 2 is 2.10 bits per heavy atom. The van der Waals surface area contributed by atoms with Crippen LogP contribution in [0.25, 0.3) is 10.1 Å². The van der Waals surface area contributed by atoms with Gasteiger partial charge in [0.15, 0.2) is 0 Å². The summed E-state index contributed by atoms with van der Waals surface area (Å²) < 4.78 is 1.09. The summed E-state index contributed by atoms with van der Waals surface area (Å²) in [6.07, 6.45) is 5.08. The highest BCUT2D eigenvalue weighted by atomic mass is 32.1. The van der Waals surface area contributed by atoms with Crippen molar-refractivity contribution >= 4 is 33.0 Å². The largest absolute Gasteiger partial charge is 0.397 e. The first-order chi connectivity index (χ1) is 9.72. The van der Waals surface area contributed by atoms with Gasteiger partial charge in [0.25, 0.3) is 5.91 Å². The first-order valence-corrected chi connectivity index (χ1v) is 8.12. The van der Waals surface area contributed by atoms with Crippen molar-refractivity contribution in [1.82, 2.24) is 5.32 Å². The molecule has 2 saturated carbocycles. The van der Waals surface area contributed by atoms with Gasteiger partial charge in [-0.15, -0.1) is 11.3 Å². The molecule has 4 heteroatoms. The molecule has 0 saturated heterocycles. The molecule has 3 nitrogen and oxygen atoms in total. The number of anilines is 1. The number of nitrogen functional groups attached to an aromatic ring is 1. The Morgan fingerprint density at radius 1 is 1.25 bits per heavy atom. The van der Waals surface area contributed by atoms with E-state index in [1.807, 2.05) is 24.3 Å². The summed E-state index contributed by atoms with van der Waals surface area (Å²) in [5, 5.41) is 4.22. The highest BCUT2D eigenvalue weighted by Crippen LogP contribution is 2.44. The molecule has 0 radical (unpaired) electrons. The van der Waals surface area contributed by atoms with Crippen LogP contribution in [0.15, 0.2) is 24.3 Å². The molecule has 104 valence electrons. The fourth-order valence-electron chi connectivity index (χ4n) is 3.89. The maximum Gasteiger partial charge on any atom is 0.263 e. The minimum absolute atomic E-state index is 0.0150. The van der Waals surface area contributed by atoms with Crippen LogP contribution in [0.5, 0.6) is 0 Å². The van der Waals surface area contributed by atoms with E-state index in [-0.39, 0.29) is 5.91 Å². The monoisotopic (exact) mass is 286 g/mol. The van der Waals surface area contributed by atoms with Gasteiger partial charge in [-0.05, 0) is 37.2 Å². The van der Waals surface area contributed by atoms with Gasteiger partial charge in [0.1, 0.15) is 4.88 Å². The normalized spacial score (nSPS) is 28.1. The second-order valence-electron chi connectivity index (χ2n) is 6.10. The first kappa shape index (κ1) is 12.2. The van der Waals surface area contributed by atoms with Crippen molar-refractivity contribution in [2.75, 3.05) is 5.73 Å². The number of thiophene rings is 1. The SMILES string of the molecule is Nc1c(C(=O)NC2CC3CCC2C3)sc2ccccc12. The predicted molar refractivity (Wildman–Crippen MR) is 82.9 cm³/mol. The van der Waals surface area contributed by atoms with E-state index in [1.165, 1.54) is 30.6 Å². The zero-order valence-corrected chi connectivity index (χ0v) is 12.1. The second kappa shape index (κ2) is 4.48. The lowest BCUT2D eigenvalue weighted by molar-refractivity contribution is 0.0928. The Morgan fingerprint density at radius 3 is 2.80 bits per heavy atom. The molecule has 1 aromatic carbocycles. The number of amides is 1. The van der Waals surface area contributed by atoms with Gasteiger partial charge in [-0.25, -0.2) is 0 Å². The van der Waals surface area contributed by atoms with Gasteiger partial charge in [0, 0.05) is 16.1 Å². The average molecular weight is 286 g/mol. The molecule has 3 atom stereocenters. The van der Waals surface area contributed by atoms with Gasteiger partial charge in [0.05, 0.1) is 5.69 Å². The topological polar surface area (TPSA) is 55.1 Å². The molecule has 4 rings (SSSR count). The molecule has 3 N–H and O–H groups in total. The number of nitrogens with one attached hydrogen (secondary N) is 1. The molecular formula is C16H18N2OS. The van der Waals surface area contributed by atoms with E-state index < -0.39 is 0 Å². The molecule has 1 aromatic heterocycles. The van der Waals surface area contributed by atoms with E-state index in [4.69, 9.17) is 5.73 Å². The first-order valence-electron chi connectivity index (χ1n) is 7.30. The lowest BCUT2D eigenvalue weighted by atomic mass is 9.95. The highest BCUT2D eigenvalue weighted by Gasteiger charge is 2.40. The van der Waals surface area contributed by atoms with Gasteiger partial charge in [-0.3, -0.25) is 4.79 Å². The van der Waals surface area contributed by atoms with Crippen LogP contribution in [0.1, 0.15) is 35.4 Å². The van der Waals surface area contributed by atoms with E-state index >= 15 is 0 Å². The predicted octanol–water partition coefficient (Wildman–Crippen LogP) is 3.40. The van der Waals surface area contributed by atoms with Gasteiger partial charge in [-0.1, -0.05) is 24.6 Å². The van der Waals surface area contributed by atoms with Crippen molar-refractivity contribution in [3.63, 3.8) is 0 Å². The third-order valence-electron chi connectivity index (χ3n) is 4.89. The van der Waals surface area contributed by atoms with Crippen LogP contribution >= 0.6 is 11.3 Å². The van der Waals surface area contributed by atoms with E-state index in [0.717, 1.165) is 22.4 Å². The van der Waals surface area contributed by atoms with Crippen molar-refractivity contribution in [2.45, 2.75) is 31.7 Å². The summed E-state index contributed by atoms with van der Waals surface area (Å²) in [7, 11) is 0. The van der Waals surface area contributed by atoms with Crippen LogP contribution in [0.3, 0.4) is 0 Å². The highest BCUT2D eigenvalue weighted by molar-refractivity contribution is 7.21. The lowest BCUT2D eigenvalue weighted by Crippen LogP contribution is -2.38. The number of benzene rings is 1. The Kier molecular flexibility index (Phi) is 2.74. The molecule has 2 aliphatic rings. The standard InChI is InChI=1S/C16H18N2OS/c17-14-11-3-1-2-4-13(11)20-15(14)16(19)18-12-8-9-5-6-10(12)7-9/h1-4,9-10,12H,5-8,17H2,(H,18,19). The van der Waals surface area contributed by atoms with Gasteiger partial charge in [-0.2, -0.15) is 0 Å². The van der Waals surface area contributed by atoms with Crippen LogP contribution in [-0.4, -0.2) is 11.9 Å². The molecule has 2 fully saturated rings. The van der Waals surface area contributed by atoms with Crippen molar-refractivity contribution in [2.24, 2.45) is 11.8 Å². The number of carbonyl (C=O) groups is 1. The van der Waals surface area contributed by atoms with Crippen molar-refractivity contribution in [3.05, 3.63) is 29.1 Å². The summed E-state index contributed by atoms with van der Waals surface area (Å²) in [5.74, 6) is 1.55. The molecule has 2 aromatic rings. The summed E-state index contributed by atoms with van der Waals surface area (Å²) in [4.78, 5) is 13.2. The summed E-state index contributed by atoms with van der Waals surface area (Å²) in [6.45, 7) is 0. The summed E-state index contributed by atoms with van der Waals surface area (Å²) >= 11 is 1.50. The zero-order valence-electron chi connectivity index (χ0n) is 11.3. The molecule has 20 heavy (non-hydrogen) atoms. The van der Waals surface area contributed by atoms with E-state index in [2.05, 4.69) is 5.32 Å². The third-order valence-corrected chi connectivity index (χ3v) is 6.08. The molecule has 0 aliphatic heterocycles. The number of carbonyl (C=O) groups excluding carboxylic acids is 1. The average Bonchev–Trinajstić information content (AvgIpc) is 3.14. The minimum Gasteiger partial charge on any atom is -0.397 e. The number of rotatable bonds is 2. The van der Waals surface area contributed by atoms with E-state index in [1.54, 1.807) is 0 Å². The molecule has 0 spiro atoms. The maximum atomic E-state index is 12.5. The summed E-state index contributed by atoms with van der Waals surface area (Å²) in [5.41, 5.74) is 6.77. The molecule has 2 aliphatic carbocycles. The van der Waals surface area contributed by atoms with Crippen LogP contribution < -0.4 is 11.1 Å². The number of fused-ring (bicyclic) bond motifs is 3. The second-order valence-corrected chi connectivity index (χ2v) is 7.15. The number of hydrogen-bond acceptors (Lipinski definition) is 3. The lowest BCUT2D eigenvalue weighted by Gasteiger charge is -2.22. The van der Waals surface area contributed by atoms with Crippen LogP contribution in [0, 0.1) is 11.8 Å². The van der Waals surface area contributed by atoms with Gasteiger partial charge < -0.3 is 11.1 Å². The zero-order chi connectivity index (χ0) is 13.7. The van der Waals surface area contributed by atoms with Crippen molar-refractivity contribution in [1.29, 1.82) is 0 Å². The fourth-order valence-corrected chi connectivity index (χ4v) is 4.92. The Balaban J connectivity index is 1.59. The number of hydrogen-bond donors (Lipinski definition) is 2. The summed E-state index contributed by atoms with van der Waals surface area (Å²) in [6, 6.07) is 8.31. The molecule has 3 unspecified atom stereocenters. The van der Waals surface area contributed by atoms with Gasteiger partial charge >= 0.3 is 0 Å². The van der Waals surface area contributed by atoms with E-state index in [9.17, 15) is 4.79 Å². The van der Waals surface area contributed by atoms with Crippen LogP contribution in [-0.2, 0) is 0 Å².